The number of furan rings is 1. The van der Waals surface area contributed by atoms with Gasteiger partial charge in [-0.2, -0.15) is 0 Å². The van der Waals surface area contributed by atoms with Gasteiger partial charge >= 0.3 is 0 Å². The van der Waals surface area contributed by atoms with Gasteiger partial charge in [0.15, 0.2) is 0 Å². The summed E-state index contributed by atoms with van der Waals surface area (Å²) < 4.78 is 8.99. The van der Waals surface area contributed by atoms with Gasteiger partial charge in [0.25, 0.3) is 0 Å². The molecule has 2 aromatic heterocycles. The third-order valence-electron chi connectivity index (χ3n) is 15.2. The molecule has 0 N–H and O–H groups in total. The highest BCUT2D eigenvalue weighted by atomic mass is 16.3. The molecular weight excluding hydrogens is 849 g/mol. The van der Waals surface area contributed by atoms with Crippen molar-refractivity contribution in [3.8, 4) is 50.2 Å². The molecule has 70 heavy (non-hydrogen) atoms. The van der Waals surface area contributed by atoms with Crippen molar-refractivity contribution < 1.29 is 4.42 Å². The molecule has 0 unspecified atom stereocenters. The van der Waals surface area contributed by atoms with Crippen LogP contribution in [0.2, 0.25) is 0 Å². The molecule has 13 aromatic rings. The molecule has 2 heterocycles. The van der Waals surface area contributed by atoms with Gasteiger partial charge in [0, 0.05) is 49.9 Å². The zero-order chi connectivity index (χ0) is 45.9. The van der Waals surface area contributed by atoms with E-state index in [0.717, 1.165) is 72.5 Å². The van der Waals surface area contributed by atoms with Gasteiger partial charge in [-0.15, -0.1) is 0 Å². The Morgan fingerprint density at radius 2 is 0.857 bits per heavy atom. The minimum Gasteiger partial charge on any atom is -0.455 e. The number of benzene rings is 11. The Bertz CT molecular complexity index is 4170. The van der Waals surface area contributed by atoms with Crippen LogP contribution in [0.15, 0.2) is 259 Å². The largest absolute Gasteiger partial charge is 0.455 e. The number of para-hydroxylation sites is 3. The van der Waals surface area contributed by atoms with E-state index in [1.54, 1.807) is 0 Å². The van der Waals surface area contributed by atoms with E-state index in [2.05, 4.69) is 264 Å². The summed E-state index contributed by atoms with van der Waals surface area (Å²) >= 11 is 0. The first-order chi connectivity index (χ1) is 34.7. The van der Waals surface area contributed by atoms with E-state index in [1.807, 2.05) is 0 Å². The van der Waals surface area contributed by atoms with E-state index in [4.69, 9.17) is 4.42 Å². The first-order valence-electron chi connectivity index (χ1n) is 24.2. The quantitative estimate of drug-likeness (QED) is 0.166. The molecule has 3 nitrogen and oxygen atoms in total. The van der Waals surface area contributed by atoms with Crippen LogP contribution in [-0.4, -0.2) is 4.57 Å². The number of rotatable bonds is 6. The lowest BCUT2D eigenvalue weighted by Crippen LogP contribution is -2.26. The second-order valence-electron chi connectivity index (χ2n) is 18.7. The second kappa shape index (κ2) is 14.9. The van der Waals surface area contributed by atoms with Gasteiger partial charge in [0.1, 0.15) is 11.2 Å². The Kier molecular flexibility index (Phi) is 8.28. The van der Waals surface area contributed by atoms with Crippen LogP contribution < -0.4 is 4.90 Å². The van der Waals surface area contributed by atoms with E-state index in [0.29, 0.717) is 0 Å². The van der Waals surface area contributed by atoms with Crippen LogP contribution in [-0.2, 0) is 5.41 Å². The molecule has 2 aliphatic rings. The summed E-state index contributed by atoms with van der Waals surface area (Å²) in [6.07, 6.45) is 0. The molecular formula is C67H42N2O. The van der Waals surface area contributed by atoms with Gasteiger partial charge in [-0.3, -0.25) is 0 Å². The molecule has 1 spiro atoms. The minimum atomic E-state index is -0.466. The molecule has 0 atom stereocenters. The first kappa shape index (κ1) is 38.9. The normalized spacial score (nSPS) is 13.0. The summed E-state index contributed by atoms with van der Waals surface area (Å²) in [7, 11) is 0. The number of hydrogen-bond donors (Lipinski definition) is 0. The maximum absolute atomic E-state index is 6.58. The van der Waals surface area contributed by atoms with Crippen molar-refractivity contribution in [2.24, 2.45) is 0 Å². The number of nitrogens with zero attached hydrogens (tertiary/aromatic N) is 2. The number of anilines is 3. The highest BCUT2D eigenvalue weighted by Crippen LogP contribution is 2.63. The smallest absolute Gasteiger partial charge is 0.143 e. The second-order valence-corrected chi connectivity index (χ2v) is 18.7. The summed E-state index contributed by atoms with van der Waals surface area (Å²) in [4.78, 5) is 2.46. The lowest BCUT2D eigenvalue weighted by Gasteiger charge is -2.32. The van der Waals surface area contributed by atoms with Crippen molar-refractivity contribution in [1.29, 1.82) is 0 Å². The van der Waals surface area contributed by atoms with Crippen molar-refractivity contribution >= 4 is 60.8 Å². The summed E-state index contributed by atoms with van der Waals surface area (Å²) in [5.74, 6) is 0. The number of aromatic nitrogens is 1. The predicted octanol–water partition coefficient (Wildman–Crippen LogP) is 17.8. The summed E-state index contributed by atoms with van der Waals surface area (Å²) in [5, 5.41) is 4.69. The lowest BCUT2D eigenvalue weighted by atomic mass is 9.70. The Labute approximate surface area is 405 Å². The zero-order valence-electron chi connectivity index (χ0n) is 38.1. The molecule has 3 heteroatoms. The molecule has 11 aromatic carbocycles. The molecule has 2 aliphatic carbocycles. The first-order valence-corrected chi connectivity index (χ1v) is 24.2. The van der Waals surface area contributed by atoms with Crippen molar-refractivity contribution in [2.75, 3.05) is 4.90 Å². The molecule has 0 fully saturated rings. The van der Waals surface area contributed by atoms with E-state index in [9.17, 15) is 0 Å². The fourth-order valence-electron chi connectivity index (χ4n) is 12.2. The van der Waals surface area contributed by atoms with Crippen molar-refractivity contribution in [2.45, 2.75) is 5.41 Å². The minimum absolute atomic E-state index is 0.466. The Morgan fingerprint density at radius 1 is 0.314 bits per heavy atom. The summed E-state index contributed by atoms with van der Waals surface area (Å²) in [6, 6.07) is 93.5. The molecule has 0 aliphatic heterocycles. The van der Waals surface area contributed by atoms with Crippen LogP contribution >= 0.6 is 0 Å². The van der Waals surface area contributed by atoms with E-state index >= 15 is 0 Å². The predicted molar refractivity (Wildman–Crippen MR) is 290 cm³/mol. The van der Waals surface area contributed by atoms with Gasteiger partial charge in [-0.25, -0.2) is 0 Å². The Balaban J connectivity index is 0.928. The average molecular weight is 891 g/mol. The van der Waals surface area contributed by atoms with E-state index in [-0.39, 0.29) is 0 Å². The van der Waals surface area contributed by atoms with Gasteiger partial charge in [0.2, 0.25) is 0 Å². The fourth-order valence-corrected chi connectivity index (χ4v) is 12.2. The van der Waals surface area contributed by atoms with Crippen LogP contribution in [0.5, 0.6) is 0 Å². The average Bonchev–Trinajstić information content (AvgIpc) is 4.15. The van der Waals surface area contributed by atoms with Gasteiger partial charge in [0.05, 0.1) is 16.4 Å². The van der Waals surface area contributed by atoms with Crippen LogP contribution in [0.25, 0.3) is 93.9 Å². The molecule has 0 bridgehead atoms. The van der Waals surface area contributed by atoms with Gasteiger partial charge in [-0.05, 0) is 128 Å². The zero-order valence-corrected chi connectivity index (χ0v) is 38.1. The third kappa shape index (κ3) is 5.46. The molecule has 326 valence electrons. The maximum atomic E-state index is 6.58. The summed E-state index contributed by atoms with van der Waals surface area (Å²) in [5.41, 5.74) is 23.1. The molecule has 0 saturated carbocycles. The van der Waals surface area contributed by atoms with Gasteiger partial charge < -0.3 is 13.9 Å². The molecule has 0 radical (unpaired) electrons. The van der Waals surface area contributed by atoms with Crippen molar-refractivity contribution in [1.82, 2.24) is 4.57 Å². The topological polar surface area (TPSA) is 21.3 Å². The maximum Gasteiger partial charge on any atom is 0.143 e. The van der Waals surface area contributed by atoms with E-state index < -0.39 is 5.41 Å². The molecule has 15 rings (SSSR count). The molecule has 0 saturated heterocycles. The van der Waals surface area contributed by atoms with Crippen LogP contribution in [0.4, 0.5) is 17.1 Å². The Hall–Kier alpha value is -9.18. The monoisotopic (exact) mass is 890 g/mol. The SMILES string of the molecule is c1ccc(-c2cccc3c2oc2ccc(-c4ccc(N(c5ccc6c(c5)C5(c7ccccc7-c7ccccc75)c5ccccc5-6)c5ccc6c7ccccc7n(-c7ccccc7)c6c5)cc4)cc23)cc1. The van der Waals surface area contributed by atoms with Gasteiger partial charge in [-0.1, -0.05) is 188 Å². The summed E-state index contributed by atoms with van der Waals surface area (Å²) in [6.45, 7) is 0. The molecule has 0 amide bonds. The third-order valence-corrected chi connectivity index (χ3v) is 15.2. The van der Waals surface area contributed by atoms with Crippen molar-refractivity contribution in [3.63, 3.8) is 0 Å². The van der Waals surface area contributed by atoms with E-state index in [1.165, 1.54) is 60.8 Å². The van der Waals surface area contributed by atoms with Crippen LogP contribution in [0.1, 0.15) is 22.3 Å². The lowest BCUT2D eigenvalue weighted by molar-refractivity contribution is 0.670. The van der Waals surface area contributed by atoms with Crippen LogP contribution in [0.3, 0.4) is 0 Å². The van der Waals surface area contributed by atoms with Crippen molar-refractivity contribution in [3.05, 3.63) is 277 Å². The number of hydrogen-bond acceptors (Lipinski definition) is 2. The Morgan fingerprint density at radius 3 is 1.59 bits per heavy atom. The highest BCUT2D eigenvalue weighted by Gasteiger charge is 2.51. The van der Waals surface area contributed by atoms with Crippen LogP contribution in [0, 0.1) is 0 Å². The standard InChI is InChI=1S/C67H42N2O/c1-3-16-44(17-4-1)50-24-15-25-57-58-40-45(32-39-65(58)70-66(50)57)43-30-33-47(34-31-43)68(49-36-38-56-55-23-10-14-29-63(55)69(64(56)42-49)46-18-5-2-6-19-46)48-35-37-54-53-22-9-13-28-61(53)67(62(54)41-48)59-26-11-7-20-51(59)52-21-8-12-27-60(52)67/h1-42H. The number of fused-ring (bicyclic) bond motifs is 16. The highest BCUT2D eigenvalue weighted by molar-refractivity contribution is 6.12. The fraction of sp³-hybridized carbons (Fsp3) is 0.0149.